The number of rotatable bonds is 3. The molecule has 29 heavy (non-hydrogen) atoms. The molecule has 1 N–H and O–H groups in total. The number of anilines is 2. The average molecular weight is 389 g/mol. The van der Waals surface area contributed by atoms with Gasteiger partial charge in [0.2, 0.25) is 11.8 Å². The highest BCUT2D eigenvalue weighted by molar-refractivity contribution is 6.11. The van der Waals surface area contributed by atoms with Crippen LogP contribution in [0.2, 0.25) is 0 Å². The third kappa shape index (κ3) is 2.74. The molecule has 3 aliphatic rings. The number of carbonyl (C=O) groups excluding carboxylic acids is 3. The van der Waals surface area contributed by atoms with E-state index in [1.54, 1.807) is 28.0 Å². The Hall–Kier alpha value is -3.15. The van der Waals surface area contributed by atoms with Gasteiger partial charge in [-0.1, -0.05) is 18.2 Å². The van der Waals surface area contributed by atoms with Gasteiger partial charge in [0.05, 0.1) is 11.3 Å². The molecule has 2 aromatic rings. The highest BCUT2D eigenvalue weighted by Crippen LogP contribution is 2.43. The molecule has 2 aromatic carbocycles. The van der Waals surface area contributed by atoms with Gasteiger partial charge >= 0.3 is 0 Å². The van der Waals surface area contributed by atoms with Crippen molar-refractivity contribution in [3.63, 3.8) is 0 Å². The summed E-state index contributed by atoms with van der Waals surface area (Å²) >= 11 is 0. The number of nitrogens with zero attached hydrogens (tertiary/aromatic N) is 2. The normalized spacial score (nSPS) is 22.4. The predicted octanol–water partition coefficient (Wildman–Crippen LogP) is 3.11. The zero-order chi connectivity index (χ0) is 20.2. The van der Waals surface area contributed by atoms with E-state index in [2.05, 4.69) is 11.4 Å². The molecular formula is C23H23N3O3. The van der Waals surface area contributed by atoms with Crippen LogP contribution >= 0.6 is 0 Å². The van der Waals surface area contributed by atoms with E-state index in [1.165, 1.54) is 11.1 Å². The SMILES string of the molecule is CC12CCC(=O)N1c1ccccc1C(=O)N2CC(=O)Nc1ccc2c(c1)CCC2. The molecule has 1 saturated heterocycles. The Balaban J connectivity index is 1.42. The number of benzene rings is 2. The monoisotopic (exact) mass is 389 g/mol. The average Bonchev–Trinajstić information content (AvgIpc) is 3.29. The second kappa shape index (κ2) is 6.44. The van der Waals surface area contributed by atoms with Gasteiger partial charge in [0.25, 0.3) is 5.91 Å². The largest absolute Gasteiger partial charge is 0.325 e. The van der Waals surface area contributed by atoms with E-state index in [9.17, 15) is 14.4 Å². The van der Waals surface area contributed by atoms with Crippen molar-refractivity contribution in [1.82, 2.24) is 4.90 Å². The molecule has 0 aromatic heterocycles. The Morgan fingerprint density at radius 1 is 1.07 bits per heavy atom. The molecule has 2 aliphatic heterocycles. The Labute approximate surface area is 169 Å². The molecule has 1 unspecified atom stereocenters. The molecule has 6 nitrogen and oxygen atoms in total. The first-order chi connectivity index (χ1) is 14.0. The van der Waals surface area contributed by atoms with Crippen LogP contribution in [0.3, 0.4) is 0 Å². The van der Waals surface area contributed by atoms with Crippen molar-refractivity contribution in [2.24, 2.45) is 0 Å². The number of amides is 3. The minimum absolute atomic E-state index is 0.0171. The van der Waals surface area contributed by atoms with Crippen LogP contribution in [-0.4, -0.2) is 34.8 Å². The van der Waals surface area contributed by atoms with Gasteiger partial charge in [0.1, 0.15) is 12.2 Å². The minimum atomic E-state index is -0.822. The molecule has 0 saturated carbocycles. The summed E-state index contributed by atoms with van der Waals surface area (Å²) in [6.45, 7) is 1.78. The van der Waals surface area contributed by atoms with Gasteiger partial charge in [0, 0.05) is 12.1 Å². The standard InChI is InChI=1S/C23H23N3O3/c1-23-12-11-21(28)26(23)19-8-3-2-7-18(19)22(29)25(23)14-20(27)24-17-10-9-15-5-4-6-16(15)13-17/h2-3,7-10,13H,4-6,11-12,14H2,1H3,(H,24,27). The Morgan fingerprint density at radius 3 is 2.72 bits per heavy atom. The number of hydrogen-bond acceptors (Lipinski definition) is 3. The van der Waals surface area contributed by atoms with Crippen molar-refractivity contribution in [3.8, 4) is 0 Å². The molecule has 1 fully saturated rings. The summed E-state index contributed by atoms with van der Waals surface area (Å²) in [7, 11) is 0. The first-order valence-electron chi connectivity index (χ1n) is 10.1. The van der Waals surface area contributed by atoms with Crippen LogP contribution in [0.4, 0.5) is 11.4 Å². The summed E-state index contributed by atoms with van der Waals surface area (Å²) in [6, 6.07) is 13.1. The van der Waals surface area contributed by atoms with Crippen LogP contribution in [0.5, 0.6) is 0 Å². The fourth-order valence-electron chi connectivity index (χ4n) is 4.93. The van der Waals surface area contributed by atoms with Gasteiger partial charge in [-0.15, -0.1) is 0 Å². The van der Waals surface area contributed by atoms with Crippen molar-refractivity contribution in [3.05, 3.63) is 59.2 Å². The maximum atomic E-state index is 13.2. The Kier molecular flexibility index (Phi) is 3.98. The number of fused-ring (bicyclic) bond motifs is 4. The minimum Gasteiger partial charge on any atom is -0.325 e. The van der Waals surface area contributed by atoms with Crippen molar-refractivity contribution < 1.29 is 14.4 Å². The second-order valence-corrected chi connectivity index (χ2v) is 8.24. The molecule has 5 rings (SSSR count). The van der Waals surface area contributed by atoms with E-state index in [-0.39, 0.29) is 24.3 Å². The lowest BCUT2D eigenvalue weighted by Gasteiger charge is -2.48. The van der Waals surface area contributed by atoms with Crippen LogP contribution in [0, 0.1) is 0 Å². The number of nitrogens with one attached hydrogen (secondary N) is 1. The van der Waals surface area contributed by atoms with E-state index < -0.39 is 5.66 Å². The molecule has 1 aliphatic carbocycles. The van der Waals surface area contributed by atoms with Crippen LogP contribution in [0.15, 0.2) is 42.5 Å². The first-order valence-corrected chi connectivity index (χ1v) is 10.1. The van der Waals surface area contributed by atoms with Crippen molar-refractivity contribution in [2.45, 2.75) is 44.7 Å². The number of hydrogen-bond donors (Lipinski definition) is 1. The quantitative estimate of drug-likeness (QED) is 0.877. The highest BCUT2D eigenvalue weighted by Gasteiger charge is 2.53. The lowest BCUT2D eigenvalue weighted by atomic mass is 9.98. The summed E-state index contributed by atoms with van der Waals surface area (Å²) < 4.78 is 0. The van der Waals surface area contributed by atoms with E-state index >= 15 is 0 Å². The fraction of sp³-hybridized carbons (Fsp3) is 0.348. The molecule has 6 heteroatoms. The lowest BCUT2D eigenvalue weighted by Crippen LogP contribution is -2.63. The molecule has 148 valence electrons. The Bertz CT molecular complexity index is 1050. The second-order valence-electron chi connectivity index (χ2n) is 8.24. The van der Waals surface area contributed by atoms with E-state index in [0.717, 1.165) is 24.9 Å². The van der Waals surface area contributed by atoms with Crippen LogP contribution in [0.1, 0.15) is 47.7 Å². The summed E-state index contributed by atoms with van der Waals surface area (Å²) in [5.41, 5.74) is 3.66. The van der Waals surface area contributed by atoms with Crippen molar-refractivity contribution in [1.29, 1.82) is 0 Å². The Morgan fingerprint density at radius 2 is 1.86 bits per heavy atom. The third-order valence-corrected chi connectivity index (χ3v) is 6.43. The van der Waals surface area contributed by atoms with Crippen LogP contribution in [0.25, 0.3) is 0 Å². The molecule has 0 radical (unpaired) electrons. The number of carbonyl (C=O) groups is 3. The van der Waals surface area contributed by atoms with Gasteiger partial charge in [-0.3, -0.25) is 19.3 Å². The topological polar surface area (TPSA) is 69.7 Å². The third-order valence-electron chi connectivity index (χ3n) is 6.43. The summed E-state index contributed by atoms with van der Waals surface area (Å²) in [5.74, 6) is -0.481. The maximum absolute atomic E-state index is 13.2. The summed E-state index contributed by atoms with van der Waals surface area (Å²) in [6.07, 6.45) is 4.15. The predicted molar refractivity (Wildman–Crippen MR) is 110 cm³/mol. The van der Waals surface area contributed by atoms with Crippen molar-refractivity contribution >= 4 is 29.1 Å². The van der Waals surface area contributed by atoms with Gasteiger partial charge in [-0.25, -0.2) is 0 Å². The number of para-hydroxylation sites is 1. The fourth-order valence-corrected chi connectivity index (χ4v) is 4.93. The first kappa shape index (κ1) is 17.9. The zero-order valence-electron chi connectivity index (χ0n) is 16.4. The van der Waals surface area contributed by atoms with Gasteiger partial charge in [0.15, 0.2) is 0 Å². The van der Waals surface area contributed by atoms with Crippen LogP contribution < -0.4 is 10.2 Å². The van der Waals surface area contributed by atoms with E-state index in [4.69, 9.17) is 0 Å². The number of aryl methyl sites for hydroxylation is 2. The van der Waals surface area contributed by atoms with Crippen molar-refractivity contribution in [2.75, 3.05) is 16.8 Å². The molecule has 2 heterocycles. The lowest BCUT2D eigenvalue weighted by molar-refractivity contribution is -0.120. The van der Waals surface area contributed by atoms with Gasteiger partial charge < -0.3 is 10.2 Å². The maximum Gasteiger partial charge on any atom is 0.258 e. The van der Waals surface area contributed by atoms with E-state index in [1.807, 2.05) is 25.1 Å². The van der Waals surface area contributed by atoms with E-state index in [0.29, 0.717) is 24.1 Å². The molecule has 0 spiro atoms. The summed E-state index contributed by atoms with van der Waals surface area (Å²) in [5, 5.41) is 2.94. The summed E-state index contributed by atoms with van der Waals surface area (Å²) in [4.78, 5) is 41.9. The molecule has 1 atom stereocenters. The molecule has 0 bridgehead atoms. The smallest absolute Gasteiger partial charge is 0.258 e. The van der Waals surface area contributed by atoms with Gasteiger partial charge in [-0.2, -0.15) is 0 Å². The highest BCUT2D eigenvalue weighted by atomic mass is 16.2. The zero-order valence-corrected chi connectivity index (χ0v) is 16.4. The molecule has 3 amide bonds. The van der Waals surface area contributed by atoms with Crippen LogP contribution in [-0.2, 0) is 22.4 Å². The molecular weight excluding hydrogens is 366 g/mol. The van der Waals surface area contributed by atoms with Gasteiger partial charge in [-0.05, 0) is 68.0 Å².